The highest BCUT2D eigenvalue weighted by Gasteiger charge is 2.17. The van der Waals surface area contributed by atoms with Crippen LogP contribution in [0.25, 0.3) is 0 Å². The van der Waals surface area contributed by atoms with Gasteiger partial charge in [0.15, 0.2) is 0 Å². The lowest BCUT2D eigenvalue weighted by molar-refractivity contribution is 0.0697. The number of carbonyl (C=O) groups is 1. The number of benzene rings is 1. The average Bonchev–Trinajstić information content (AvgIpc) is 2.28. The van der Waals surface area contributed by atoms with Gasteiger partial charge in [0, 0.05) is 31.4 Å². The zero-order chi connectivity index (χ0) is 12.4. The molecule has 1 aliphatic rings. The Kier molecular flexibility index (Phi) is 3.54. The van der Waals surface area contributed by atoms with Gasteiger partial charge in [0.2, 0.25) is 0 Å². The monoisotopic (exact) mass is 254 g/mol. The number of carboxylic acid groups (broad SMARTS) is 1. The molecule has 92 valence electrons. The predicted molar refractivity (Wildman–Crippen MR) is 68.1 cm³/mol. The van der Waals surface area contributed by atoms with Crippen molar-refractivity contribution in [1.29, 1.82) is 0 Å². The van der Waals surface area contributed by atoms with Crippen LogP contribution in [-0.4, -0.2) is 36.8 Å². The van der Waals surface area contributed by atoms with Crippen molar-refractivity contribution in [2.24, 2.45) is 0 Å². The summed E-state index contributed by atoms with van der Waals surface area (Å²) in [5.74, 6) is -0.991. The number of nitrogens with one attached hydrogen (secondary N) is 1. The van der Waals surface area contributed by atoms with Crippen molar-refractivity contribution < 1.29 is 9.90 Å². The summed E-state index contributed by atoms with van der Waals surface area (Å²) in [7, 11) is 0. The fourth-order valence-corrected chi connectivity index (χ4v) is 2.30. The number of piperazine rings is 1. The van der Waals surface area contributed by atoms with Gasteiger partial charge >= 0.3 is 5.97 Å². The van der Waals surface area contributed by atoms with Gasteiger partial charge in [0.1, 0.15) is 0 Å². The van der Waals surface area contributed by atoms with Crippen LogP contribution in [0.5, 0.6) is 0 Å². The molecule has 1 aromatic rings. The van der Waals surface area contributed by atoms with Crippen LogP contribution in [0.3, 0.4) is 0 Å². The Bertz CT molecular complexity index is 437. The van der Waals surface area contributed by atoms with Gasteiger partial charge in [-0.05, 0) is 25.1 Å². The van der Waals surface area contributed by atoms with E-state index in [2.05, 4.69) is 17.1 Å². The van der Waals surface area contributed by atoms with Crippen LogP contribution in [0, 0.1) is 0 Å². The van der Waals surface area contributed by atoms with Gasteiger partial charge < -0.3 is 15.3 Å². The Morgan fingerprint density at radius 2 is 2.35 bits per heavy atom. The molecule has 1 fully saturated rings. The zero-order valence-corrected chi connectivity index (χ0v) is 10.4. The molecule has 1 aliphatic heterocycles. The first kappa shape index (κ1) is 12.2. The second kappa shape index (κ2) is 4.94. The first-order chi connectivity index (χ1) is 8.08. The Balaban J connectivity index is 2.22. The molecule has 0 radical (unpaired) electrons. The van der Waals surface area contributed by atoms with Gasteiger partial charge in [0.05, 0.1) is 10.6 Å². The molecule has 0 aromatic heterocycles. The molecule has 1 atom stereocenters. The fourth-order valence-electron chi connectivity index (χ4n) is 2.04. The highest BCUT2D eigenvalue weighted by Crippen LogP contribution is 2.24. The van der Waals surface area contributed by atoms with Crippen LogP contribution in [-0.2, 0) is 0 Å². The number of anilines is 1. The molecule has 0 saturated carbocycles. The number of nitrogens with zero attached hydrogens (tertiary/aromatic N) is 1. The van der Waals surface area contributed by atoms with Gasteiger partial charge in [-0.15, -0.1) is 0 Å². The maximum absolute atomic E-state index is 10.9. The lowest BCUT2D eigenvalue weighted by atomic mass is 10.1. The van der Waals surface area contributed by atoms with E-state index in [-0.39, 0.29) is 5.56 Å². The number of halogens is 1. The Labute approximate surface area is 105 Å². The summed E-state index contributed by atoms with van der Waals surface area (Å²) in [6.07, 6.45) is 0. The van der Waals surface area contributed by atoms with Crippen molar-refractivity contribution in [3.63, 3.8) is 0 Å². The van der Waals surface area contributed by atoms with E-state index in [0.29, 0.717) is 11.1 Å². The lowest BCUT2D eigenvalue weighted by Crippen LogP contribution is -2.49. The minimum Gasteiger partial charge on any atom is -0.478 e. The summed E-state index contributed by atoms with van der Waals surface area (Å²) in [5.41, 5.74) is 1.13. The van der Waals surface area contributed by atoms with Crippen molar-refractivity contribution in [3.8, 4) is 0 Å². The summed E-state index contributed by atoms with van der Waals surface area (Å²) >= 11 is 5.96. The molecule has 17 heavy (non-hydrogen) atoms. The third kappa shape index (κ3) is 2.70. The third-order valence-electron chi connectivity index (χ3n) is 2.92. The molecule has 1 saturated heterocycles. The summed E-state index contributed by atoms with van der Waals surface area (Å²) in [5, 5.41) is 12.6. The van der Waals surface area contributed by atoms with E-state index in [9.17, 15) is 4.79 Å². The van der Waals surface area contributed by atoms with Crippen molar-refractivity contribution in [2.45, 2.75) is 13.0 Å². The Morgan fingerprint density at radius 1 is 1.59 bits per heavy atom. The highest BCUT2D eigenvalue weighted by atomic mass is 35.5. The second-order valence-electron chi connectivity index (χ2n) is 4.27. The molecule has 4 nitrogen and oxygen atoms in total. The van der Waals surface area contributed by atoms with E-state index in [4.69, 9.17) is 16.7 Å². The molecule has 0 amide bonds. The second-order valence-corrected chi connectivity index (χ2v) is 4.68. The van der Waals surface area contributed by atoms with E-state index in [1.807, 2.05) is 6.07 Å². The van der Waals surface area contributed by atoms with Crippen molar-refractivity contribution in [2.75, 3.05) is 24.5 Å². The number of rotatable bonds is 2. The fraction of sp³-hybridized carbons (Fsp3) is 0.417. The summed E-state index contributed by atoms with van der Waals surface area (Å²) < 4.78 is 0. The topological polar surface area (TPSA) is 52.6 Å². The quantitative estimate of drug-likeness (QED) is 0.846. The normalized spacial score (nSPS) is 20.4. The number of carboxylic acids is 1. The van der Waals surface area contributed by atoms with Crippen LogP contribution < -0.4 is 10.2 Å². The number of hydrogen-bond donors (Lipinski definition) is 2. The first-order valence-corrected chi connectivity index (χ1v) is 5.97. The van der Waals surface area contributed by atoms with Crippen molar-refractivity contribution >= 4 is 23.3 Å². The van der Waals surface area contributed by atoms with Crippen LogP contribution in [0.1, 0.15) is 17.3 Å². The van der Waals surface area contributed by atoms with E-state index in [1.54, 1.807) is 12.1 Å². The summed E-state index contributed by atoms with van der Waals surface area (Å²) in [6.45, 7) is 4.87. The molecule has 0 aliphatic carbocycles. The largest absolute Gasteiger partial charge is 0.478 e. The minimum atomic E-state index is -0.991. The molecule has 0 bridgehead atoms. The van der Waals surface area contributed by atoms with Crippen molar-refractivity contribution in [3.05, 3.63) is 28.8 Å². The van der Waals surface area contributed by atoms with E-state index in [0.717, 1.165) is 25.3 Å². The van der Waals surface area contributed by atoms with Gasteiger partial charge in [-0.2, -0.15) is 0 Å². The van der Waals surface area contributed by atoms with Crippen LogP contribution in [0.4, 0.5) is 5.69 Å². The van der Waals surface area contributed by atoms with Gasteiger partial charge in [-0.3, -0.25) is 0 Å². The van der Waals surface area contributed by atoms with Crippen molar-refractivity contribution in [1.82, 2.24) is 5.32 Å². The minimum absolute atomic E-state index is 0.151. The summed E-state index contributed by atoms with van der Waals surface area (Å²) in [6, 6.07) is 5.53. The molecule has 0 spiro atoms. The van der Waals surface area contributed by atoms with E-state index >= 15 is 0 Å². The van der Waals surface area contributed by atoms with E-state index < -0.39 is 5.97 Å². The molecule has 1 aromatic carbocycles. The average molecular weight is 255 g/mol. The maximum Gasteiger partial charge on any atom is 0.337 e. The van der Waals surface area contributed by atoms with Gasteiger partial charge in [-0.25, -0.2) is 4.79 Å². The molecule has 5 heteroatoms. The van der Waals surface area contributed by atoms with Gasteiger partial charge in [-0.1, -0.05) is 11.6 Å². The predicted octanol–water partition coefficient (Wildman–Crippen LogP) is 1.84. The van der Waals surface area contributed by atoms with Gasteiger partial charge in [0.25, 0.3) is 0 Å². The summed E-state index contributed by atoms with van der Waals surface area (Å²) in [4.78, 5) is 13.1. The molecule has 2 rings (SSSR count). The maximum atomic E-state index is 10.9. The Morgan fingerprint density at radius 3 is 2.94 bits per heavy atom. The molecule has 1 heterocycles. The molecular formula is C12H15ClN2O2. The standard InChI is InChI=1S/C12H15ClN2O2/c1-8-7-15(5-4-14-8)9-2-3-10(12(16)17)11(13)6-9/h2-3,6,8,14H,4-5,7H2,1H3,(H,16,17)/t8-/m1/s1. The third-order valence-corrected chi connectivity index (χ3v) is 3.23. The van der Waals surface area contributed by atoms with Crippen LogP contribution in [0.15, 0.2) is 18.2 Å². The molecule has 0 unspecified atom stereocenters. The van der Waals surface area contributed by atoms with E-state index in [1.165, 1.54) is 0 Å². The Hall–Kier alpha value is -1.26. The van der Waals surface area contributed by atoms with Crippen LogP contribution in [0.2, 0.25) is 5.02 Å². The number of aromatic carboxylic acids is 1. The first-order valence-electron chi connectivity index (χ1n) is 5.59. The van der Waals surface area contributed by atoms with Crippen LogP contribution >= 0.6 is 11.6 Å². The molecular weight excluding hydrogens is 240 g/mol. The lowest BCUT2D eigenvalue weighted by Gasteiger charge is -2.33. The number of hydrogen-bond acceptors (Lipinski definition) is 3. The SMILES string of the molecule is C[C@@H]1CN(c2ccc(C(=O)O)c(Cl)c2)CCN1. The smallest absolute Gasteiger partial charge is 0.337 e. The highest BCUT2D eigenvalue weighted by molar-refractivity contribution is 6.33. The molecule has 2 N–H and O–H groups in total. The zero-order valence-electron chi connectivity index (χ0n) is 9.61.